The highest BCUT2D eigenvalue weighted by atomic mass is 16.6. The van der Waals surface area contributed by atoms with Gasteiger partial charge in [0.05, 0.1) is 16.2 Å². The lowest BCUT2D eigenvalue weighted by Crippen LogP contribution is -2.32. The van der Waals surface area contributed by atoms with E-state index in [9.17, 15) is 19.7 Å². The number of anilines is 1. The van der Waals surface area contributed by atoms with E-state index in [-0.39, 0.29) is 28.9 Å². The molecule has 0 aromatic heterocycles. The number of carbonyl (C=O) groups excluding carboxylic acids is 1. The molecule has 8 nitrogen and oxygen atoms in total. The first kappa shape index (κ1) is 13.8. The second kappa shape index (κ2) is 5.55. The Balaban J connectivity index is 2.15. The molecule has 2 rings (SSSR count). The van der Waals surface area contributed by atoms with Crippen LogP contribution in [0.2, 0.25) is 0 Å². The fourth-order valence-corrected chi connectivity index (χ4v) is 2.04. The molecule has 1 aromatic carbocycles. The number of rotatable bonds is 5. The summed E-state index contributed by atoms with van der Waals surface area (Å²) in [6.45, 7) is 0.327. The van der Waals surface area contributed by atoms with E-state index in [0.717, 1.165) is 6.07 Å². The molecule has 1 saturated heterocycles. The van der Waals surface area contributed by atoms with Crippen LogP contribution in [0.15, 0.2) is 18.2 Å². The second-order valence-electron chi connectivity index (χ2n) is 4.48. The number of benzene rings is 1. The number of nitro groups is 1. The molecule has 1 aliphatic heterocycles. The van der Waals surface area contributed by atoms with Gasteiger partial charge >= 0.3 is 5.97 Å². The van der Waals surface area contributed by atoms with Gasteiger partial charge in [-0.3, -0.25) is 14.9 Å². The van der Waals surface area contributed by atoms with Gasteiger partial charge < -0.3 is 15.7 Å². The van der Waals surface area contributed by atoms with Crippen LogP contribution in [-0.2, 0) is 4.79 Å². The van der Waals surface area contributed by atoms with Gasteiger partial charge in [-0.25, -0.2) is 4.79 Å². The Labute approximate surface area is 113 Å². The first-order chi connectivity index (χ1) is 9.47. The van der Waals surface area contributed by atoms with Crippen LogP contribution in [0.4, 0.5) is 11.4 Å². The number of hydrogen-bond acceptors (Lipinski definition) is 5. The zero-order valence-electron chi connectivity index (χ0n) is 10.5. The Kier molecular flexibility index (Phi) is 3.83. The summed E-state index contributed by atoms with van der Waals surface area (Å²) >= 11 is 0. The average Bonchev–Trinajstić information content (AvgIpc) is 2.81. The zero-order chi connectivity index (χ0) is 14.7. The van der Waals surface area contributed by atoms with E-state index >= 15 is 0 Å². The summed E-state index contributed by atoms with van der Waals surface area (Å²) in [7, 11) is 0. The van der Waals surface area contributed by atoms with E-state index in [4.69, 9.17) is 5.11 Å². The summed E-state index contributed by atoms with van der Waals surface area (Å²) in [6.07, 6.45) is 1.09. The monoisotopic (exact) mass is 279 g/mol. The van der Waals surface area contributed by atoms with Crippen molar-refractivity contribution in [2.45, 2.75) is 18.9 Å². The standard InChI is InChI=1S/C12H13N3O5/c16-11-4-1-7(14-11)6-13-10-5-8(15(19)20)2-3-9(10)12(17)18/h2-3,5,7,13H,1,4,6H2,(H,14,16)(H,17,18). The Hall–Kier alpha value is -2.64. The van der Waals surface area contributed by atoms with Gasteiger partial charge in [-0.05, 0) is 12.5 Å². The van der Waals surface area contributed by atoms with Gasteiger partial charge in [0.1, 0.15) is 0 Å². The largest absolute Gasteiger partial charge is 0.478 e. The van der Waals surface area contributed by atoms with Crippen molar-refractivity contribution < 1.29 is 19.6 Å². The van der Waals surface area contributed by atoms with Crippen LogP contribution in [-0.4, -0.2) is 34.5 Å². The molecule has 8 heteroatoms. The number of carboxylic acid groups (broad SMARTS) is 1. The number of non-ortho nitro benzene ring substituents is 1. The number of nitrogens with one attached hydrogen (secondary N) is 2. The molecule has 0 aliphatic carbocycles. The molecule has 20 heavy (non-hydrogen) atoms. The minimum absolute atomic E-state index is 0.0417. The molecule has 1 fully saturated rings. The Morgan fingerprint density at radius 3 is 2.85 bits per heavy atom. The molecular weight excluding hydrogens is 266 g/mol. The second-order valence-corrected chi connectivity index (χ2v) is 4.48. The Bertz CT molecular complexity index is 572. The lowest BCUT2D eigenvalue weighted by molar-refractivity contribution is -0.384. The normalized spacial score (nSPS) is 17.6. The molecular formula is C12H13N3O5. The zero-order valence-corrected chi connectivity index (χ0v) is 10.5. The fraction of sp³-hybridized carbons (Fsp3) is 0.333. The molecule has 0 saturated carbocycles. The van der Waals surface area contributed by atoms with E-state index in [1.807, 2.05) is 0 Å². The molecule has 1 aromatic rings. The SMILES string of the molecule is O=C1CCC(CNc2cc([N+](=O)[O-])ccc2C(=O)O)N1. The Morgan fingerprint density at radius 1 is 1.55 bits per heavy atom. The van der Waals surface area contributed by atoms with Gasteiger partial charge in [0, 0.05) is 31.1 Å². The van der Waals surface area contributed by atoms with Crippen molar-refractivity contribution in [3.05, 3.63) is 33.9 Å². The highest BCUT2D eigenvalue weighted by Crippen LogP contribution is 2.23. The van der Waals surface area contributed by atoms with Crippen molar-refractivity contribution in [2.75, 3.05) is 11.9 Å². The molecule has 1 unspecified atom stereocenters. The third-order valence-corrected chi connectivity index (χ3v) is 3.07. The number of hydrogen-bond donors (Lipinski definition) is 3. The van der Waals surface area contributed by atoms with Crippen molar-refractivity contribution in [2.24, 2.45) is 0 Å². The summed E-state index contributed by atoms with van der Waals surface area (Å²) in [5, 5.41) is 25.3. The molecule has 106 valence electrons. The number of nitrogens with zero attached hydrogens (tertiary/aromatic N) is 1. The van der Waals surface area contributed by atoms with Gasteiger partial charge in [-0.1, -0.05) is 0 Å². The molecule has 1 heterocycles. The molecule has 1 atom stereocenters. The van der Waals surface area contributed by atoms with Crippen molar-refractivity contribution in [1.82, 2.24) is 5.32 Å². The van der Waals surface area contributed by atoms with Gasteiger partial charge in [-0.2, -0.15) is 0 Å². The van der Waals surface area contributed by atoms with E-state index in [1.165, 1.54) is 12.1 Å². The number of amides is 1. The summed E-state index contributed by atoms with van der Waals surface area (Å²) in [5.74, 6) is -1.22. The van der Waals surface area contributed by atoms with E-state index in [2.05, 4.69) is 10.6 Å². The summed E-state index contributed by atoms with van der Waals surface area (Å²) in [5.41, 5.74) is -0.0549. The van der Waals surface area contributed by atoms with Crippen LogP contribution >= 0.6 is 0 Å². The van der Waals surface area contributed by atoms with E-state index < -0.39 is 10.9 Å². The topological polar surface area (TPSA) is 122 Å². The van der Waals surface area contributed by atoms with Crippen LogP contribution in [0.25, 0.3) is 0 Å². The van der Waals surface area contributed by atoms with Crippen molar-refractivity contribution >= 4 is 23.3 Å². The van der Waals surface area contributed by atoms with Crippen LogP contribution in [0.3, 0.4) is 0 Å². The number of aromatic carboxylic acids is 1. The van der Waals surface area contributed by atoms with Gasteiger partial charge in [-0.15, -0.1) is 0 Å². The highest BCUT2D eigenvalue weighted by molar-refractivity contribution is 5.94. The molecule has 3 N–H and O–H groups in total. The van der Waals surface area contributed by atoms with Gasteiger partial charge in [0.15, 0.2) is 0 Å². The third-order valence-electron chi connectivity index (χ3n) is 3.07. The molecule has 1 amide bonds. The lowest BCUT2D eigenvalue weighted by atomic mass is 10.1. The maximum atomic E-state index is 11.1. The first-order valence-electron chi connectivity index (χ1n) is 6.02. The average molecular weight is 279 g/mol. The highest BCUT2D eigenvalue weighted by Gasteiger charge is 2.21. The van der Waals surface area contributed by atoms with Crippen LogP contribution < -0.4 is 10.6 Å². The summed E-state index contributed by atoms with van der Waals surface area (Å²) < 4.78 is 0. The quantitative estimate of drug-likeness (QED) is 0.545. The third kappa shape index (κ3) is 3.02. The Morgan fingerprint density at radius 2 is 2.30 bits per heavy atom. The van der Waals surface area contributed by atoms with Crippen molar-refractivity contribution in [1.29, 1.82) is 0 Å². The molecule has 0 bridgehead atoms. The lowest BCUT2D eigenvalue weighted by Gasteiger charge is -2.14. The van der Waals surface area contributed by atoms with Gasteiger partial charge in [0.2, 0.25) is 5.91 Å². The minimum atomic E-state index is -1.17. The maximum absolute atomic E-state index is 11.1. The number of carbonyl (C=O) groups is 2. The first-order valence-corrected chi connectivity index (χ1v) is 6.02. The van der Waals surface area contributed by atoms with E-state index in [1.54, 1.807) is 0 Å². The summed E-state index contributed by atoms with van der Waals surface area (Å²) in [4.78, 5) is 32.3. The minimum Gasteiger partial charge on any atom is -0.478 e. The smallest absolute Gasteiger partial charge is 0.337 e. The van der Waals surface area contributed by atoms with Crippen LogP contribution in [0, 0.1) is 10.1 Å². The van der Waals surface area contributed by atoms with Crippen LogP contribution in [0.5, 0.6) is 0 Å². The van der Waals surface area contributed by atoms with Gasteiger partial charge in [0.25, 0.3) is 5.69 Å². The summed E-state index contributed by atoms with van der Waals surface area (Å²) in [6, 6.07) is 3.42. The van der Waals surface area contributed by atoms with Crippen molar-refractivity contribution in [3.63, 3.8) is 0 Å². The molecule has 0 spiro atoms. The predicted octanol–water partition coefficient (Wildman–Crippen LogP) is 0.983. The number of nitro benzene ring substituents is 1. The van der Waals surface area contributed by atoms with Crippen LogP contribution in [0.1, 0.15) is 23.2 Å². The van der Waals surface area contributed by atoms with E-state index in [0.29, 0.717) is 19.4 Å². The van der Waals surface area contributed by atoms with Crippen molar-refractivity contribution in [3.8, 4) is 0 Å². The maximum Gasteiger partial charge on any atom is 0.337 e. The predicted molar refractivity (Wildman–Crippen MR) is 69.7 cm³/mol. The molecule has 1 aliphatic rings. The molecule has 0 radical (unpaired) electrons. The number of carboxylic acids is 1. The fourth-order valence-electron chi connectivity index (χ4n) is 2.04.